The quantitative estimate of drug-likeness (QED) is 0.809. The lowest BCUT2D eigenvalue weighted by atomic mass is 10.3. The molecule has 0 aliphatic rings. The number of aromatic nitrogens is 1. The Hall–Kier alpha value is -1.13. The molecule has 4 heteroatoms. The number of furan rings is 1. The lowest BCUT2D eigenvalue weighted by molar-refractivity contribution is 0.560. The van der Waals surface area contributed by atoms with Crippen molar-refractivity contribution in [3.05, 3.63) is 40.7 Å². The van der Waals surface area contributed by atoms with Crippen LogP contribution in [-0.2, 0) is 13.1 Å². The molecule has 0 aromatic carbocycles. The Labute approximate surface area is 80.4 Å². The van der Waals surface area contributed by atoms with E-state index in [1.54, 1.807) is 23.9 Å². The van der Waals surface area contributed by atoms with Crippen LogP contribution in [0.5, 0.6) is 0 Å². The first kappa shape index (κ1) is 8.47. The molecule has 0 saturated heterocycles. The molecular weight excluding hydrogens is 184 g/mol. The Kier molecular flexibility index (Phi) is 2.74. The molecule has 0 aliphatic carbocycles. The Balaban J connectivity index is 1.76. The van der Waals surface area contributed by atoms with Crippen molar-refractivity contribution >= 4 is 11.3 Å². The first-order valence-electron chi connectivity index (χ1n) is 4.05. The number of hydrogen-bond acceptors (Lipinski definition) is 4. The largest absolute Gasteiger partial charge is 0.472 e. The van der Waals surface area contributed by atoms with Crippen molar-refractivity contribution in [2.24, 2.45) is 0 Å². The van der Waals surface area contributed by atoms with Gasteiger partial charge < -0.3 is 9.73 Å². The minimum Gasteiger partial charge on any atom is -0.472 e. The van der Waals surface area contributed by atoms with Crippen molar-refractivity contribution in [2.75, 3.05) is 0 Å². The lowest BCUT2D eigenvalue weighted by Crippen LogP contribution is -2.11. The molecule has 2 aromatic rings. The number of rotatable bonds is 4. The molecule has 3 nitrogen and oxygen atoms in total. The molecule has 2 aromatic heterocycles. The lowest BCUT2D eigenvalue weighted by Gasteiger charge is -1.98. The molecule has 0 unspecified atom stereocenters. The van der Waals surface area contributed by atoms with Gasteiger partial charge in [-0.1, -0.05) is 0 Å². The van der Waals surface area contributed by atoms with E-state index in [2.05, 4.69) is 10.3 Å². The summed E-state index contributed by atoms with van der Waals surface area (Å²) in [4.78, 5) is 4.17. The molecule has 13 heavy (non-hydrogen) atoms. The van der Waals surface area contributed by atoms with Gasteiger partial charge in [0.2, 0.25) is 0 Å². The van der Waals surface area contributed by atoms with Gasteiger partial charge in [-0.05, 0) is 6.07 Å². The first-order chi connectivity index (χ1) is 6.45. The van der Waals surface area contributed by atoms with Gasteiger partial charge in [0, 0.05) is 30.2 Å². The molecule has 0 spiro atoms. The van der Waals surface area contributed by atoms with Gasteiger partial charge in [0.05, 0.1) is 12.5 Å². The molecule has 2 rings (SSSR count). The average molecular weight is 194 g/mol. The van der Waals surface area contributed by atoms with Crippen LogP contribution in [0.25, 0.3) is 0 Å². The highest BCUT2D eigenvalue weighted by Gasteiger charge is 1.96. The monoisotopic (exact) mass is 194 g/mol. The third kappa shape index (κ3) is 2.40. The van der Waals surface area contributed by atoms with Gasteiger partial charge in [0.1, 0.15) is 5.01 Å². The van der Waals surface area contributed by atoms with Crippen LogP contribution in [0.3, 0.4) is 0 Å². The second-order valence-corrected chi connectivity index (χ2v) is 3.64. The summed E-state index contributed by atoms with van der Waals surface area (Å²) < 4.78 is 4.95. The van der Waals surface area contributed by atoms with E-state index < -0.39 is 0 Å². The predicted octanol–water partition coefficient (Wildman–Crippen LogP) is 2.03. The molecule has 0 atom stereocenters. The van der Waals surface area contributed by atoms with Crippen molar-refractivity contribution in [1.82, 2.24) is 10.3 Å². The van der Waals surface area contributed by atoms with Gasteiger partial charge >= 0.3 is 0 Å². The van der Waals surface area contributed by atoms with E-state index >= 15 is 0 Å². The van der Waals surface area contributed by atoms with E-state index in [1.165, 1.54) is 0 Å². The first-order valence-corrected chi connectivity index (χ1v) is 4.93. The van der Waals surface area contributed by atoms with Crippen LogP contribution >= 0.6 is 11.3 Å². The fraction of sp³-hybridized carbons (Fsp3) is 0.222. The summed E-state index contributed by atoms with van der Waals surface area (Å²) in [5.41, 5.74) is 1.16. The molecule has 2 heterocycles. The van der Waals surface area contributed by atoms with Crippen molar-refractivity contribution in [1.29, 1.82) is 0 Å². The van der Waals surface area contributed by atoms with Crippen LogP contribution in [-0.4, -0.2) is 4.98 Å². The molecule has 0 saturated carbocycles. The van der Waals surface area contributed by atoms with E-state index in [0.717, 1.165) is 23.7 Å². The molecule has 0 bridgehead atoms. The van der Waals surface area contributed by atoms with Crippen molar-refractivity contribution < 1.29 is 4.42 Å². The summed E-state index contributed by atoms with van der Waals surface area (Å²) in [6, 6.07) is 1.95. The number of thiazole rings is 1. The van der Waals surface area contributed by atoms with Crippen LogP contribution in [0.15, 0.2) is 34.6 Å². The zero-order valence-electron chi connectivity index (χ0n) is 7.06. The number of nitrogens with one attached hydrogen (secondary N) is 1. The Morgan fingerprint density at radius 1 is 1.46 bits per heavy atom. The average Bonchev–Trinajstić information content (AvgIpc) is 2.75. The molecular formula is C9H10N2OS. The standard InChI is InChI=1S/C9H10N2OS/c1-3-12-7-8(1)5-10-6-9-11-2-4-13-9/h1-4,7,10H,5-6H2. The fourth-order valence-electron chi connectivity index (χ4n) is 1.05. The van der Waals surface area contributed by atoms with Crippen LogP contribution in [0.2, 0.25) is 0 Å². The van der Waals surface area contributed by atoms with Gasteiger partial charge in [-0.25, -0.2) is 4.98 Å². The van der Waals surface area contributed by atoms with E-state index in [1.807, 2.05) is 17.6 Å². The Bertz CT molecular complexity index is 294. The summed E-state index contributed by atoms with van der Waals surface area (Å²) >= 11 is 1.66. The maximum atomic E-state index is 4.95. The highest BCUT2D eigenvalue weighted by atomic mass is 32.1. The van der Waals surface area contributed by atoms with Crippen LogP contribution in [0, 0.1) is 0 Å². The van der Waals surface area contributed by atoms with Gasteiger partial charge in [-0.15, -0.1) is 11.3 Å². The minimum atomic E-state index is 0.822. The zero-order chi connectivity index (χ0) is 8.93. The minimum absolute atomic E-state index is 0.822. The number of hydrogen-bond donors (Lipinski definition) is 1. The summed E-state index contributed by atoms with van der Waals surface area (Å²) in [5, 5.41) is 6.37. The van der Waals surface area contributed by atoms with E-state index in [0.29, 0.717) is 0 Å². The van der Waals surface area contributed by atoms with Crippen molar-refractivity contribution in [3.8, 4) is 0 Å². The van der Waals surface area contributed by atoms with Crippen LogP contribution < -0.4 is 5.32 Å². The van der Waals surface area contributed by atoms with Gasteiger partial charge in [0.15, 0.2) is 0 Å². The Morgan fingerprint density at radius 3 is 3.15 bits per heavy atom. The SMILES string of the molecule is c1csc(CNCc2ccoc2)n1. The predicted molar refractivity (Wildman–Crippen MR) is 51.4 cm³/mol. The highest BCUT2D eigenvalue weighted by molar-refractivity contribution is 7.09. The summed E-state index contributed by atoms with van der Waals surface area (Å²) in [5.74, 6) is 0. The maximum Gasteiger partial charge on any atom is 0.106 e. The molecule has 0 amide bonds. The highest BCUT2D eigenvalue weighted by Crippen LogP contribution is 2.04. The smallest absolute Gasteiger partial charge is 0.106 e. The normalized spacial score (nSPS) is 10.5. The van der Waals surface area contributed by atoms with E-state index in [4.69, 9.17) is 4.42 Å². The van der Waals surface area contributed by atoms with E-state index in [9.17, 15) is 0 Å². The Morgan fingerprint density at radius 2 is 2.46 bits per heavy atom. The van der Waals surface area contributed by atoms with Gasteiger partial charge in [-0.3, -0.25) is 0 Å². The maximum absolute atomic E-state index is 4.95. The second kappa shape index (κ2) is 4.20. The third-order valence-corrected chi connectivity index (χ3v) is 2.45. The summed E-state index contributed by atoms with van der Waals surface area (Å²) in [7, 11) is 0. The molecule has 1 N–H and O–H groups in total. The summed E-state index contributed by atoms with van der Waals surface area (Å²) in [6.07, 6.45) is 5.24. The second-order valence-electron chi connectivity index (χ2n) is 2.66. The number of nitrogens with zero attached hydrogens (tertiary/aromatic N) is 1. The van der Waals surface area contributed by atoms with Crippen molar-refractivity contribution in [3.63, 3.8) is 0 Å². The molecule has 0 radical (unpaired) electrons. The molecule has 0 aliphatic heterocycles. The molecule has 0 fully saturated rings. The van der Waals surface area contributed by atoms with E-state index in [-0.39, 0.29) is 0 Å². The van der Waals surface area contributed by atoms with Crippen molar-refractivity contribution in [2.45, 2.75) is 13.1 Å². The summed E-state index contributed by atoms with van der Waals surface area (Å²) in [6.45, 7) is 1.65. The third-order valence-electron chi connectivity index (χ3n) is 1.67. The zero-order valence-corrected chi connectivity index (χ0v) is 7.88. The van der Waals surface area contributed by atoms with Gasteiger partial charge in [-0.2, -0.15) is 0 Å². The molecule has 68 valence electrons. The van der Waals surface area contributed by atoms with Gasteiger partial charge in [0.25, 0.3) is 0 Å². The van der Waals surface area contributed by atoms with Crippen LogP contribution in [0.4, 0.5) is 0 Å². The fourth-order valence-corrected chi connectivity index (χ4v) is 1.63. The topological polar surface area (TPSA) is 38.1 Å². The van der Waals surface area contributed by atoms with Crippen LogP contribution in [0.1, 0.15) is 10.6 Å².